The highest BCUT2D eigenvalue weighted by Gasteiger charge is 2.34. The maximum atomic E-state index is 6.28. The third-order valence-corrected chi connectivity index (χ3v) is 4.82. The highest BCUT2D eigenvalue weighted by atomic mass is 32.1. The van der Waals surface area contributed by atoms with Gasteiger partial charge in [-0.25, -0.2) is 4.98 Å². The van der Waals surface area contributed by atoms with E-state index >= 15 is 0 Å². The highest BCUT2D eigenvalue weighted by Crippen LogP contribution is 2.44. The summed E-state index contributed by atoms with van der Waals surface area (Å²) in [6, 6.07) is 10.2. The molecule has 1 fully saturated rings. The summed E-state index contributed by atoms with van der Waals surface area (Å²) >= 11 is 1.71. The number of hydrogen-bond donors (Lipinski definition) is 1. The van der Waals surface area contributed by atoms with Gasteiger partial charge in [-0.05, 0) is 31.2 Å². The van der Waals surface area contributed by atoms with Crippen molar-refractivity contribution in [3.05, 3.63) is 52.0 Å². The second kappa shape index (κ2) is 6.69. The van der Waals surface area contributed by atoms with Crippen LogP contribution in [-0.4, -0.2) is 11.6 Å². The Morgan fingerprint density at radius 2 is 2.10 bits per heavy atom. The molecule has 2 N–H and O–H groups in total. The number of aromatic nitrogens is 1. The van der Waals surface area contributed by atoms with Crippen LogP contribution in [0.5, 0.6) is 0 Å². The van der Waals surface area contributed by atoms with Crippen molar-refractivity contribution in [3.63, 3.8) is 0 Å². The maximum Gasteiger partial charge on any atom is 0.122 e. The Morgan fingerprint density at radius 1 is 1.33 bits per heavy atom. The van der Waals surface area contributed by atoms with Crippen LogP contribution in [0, 0.1) is 5.92 Å². The van der Waals surface area contributed by atoms with Crippen LogP contribution in [0.2, 0.25) is 0 Å². The molecule has 0 saturated heterocycles. The molecule has 1 heterocycles. The highest BCUT2D eigenvalue weighted by molar-refractivity contribution is 7.09. The summed E-state index contributed by atoms with van der Waals surface area (Å²) in [6.45, 7) is 2.80. The first kappa shape index (κ1) is 14.7. The van der Waals surface area contributed by atoms with Gasteiger partial charge in [0.1, 0.15) is 11.1 Å². The molecule has 2 aromatic rings. The van der Waals surface area contributed by atoms with E-state index in [0.717, 1.165) is 29.3 Å². The van der Waals surface area contributed by atoms with Crippen LogP contribution in [0.25, 0.3) is 0 Å². The van der Waals surface area contributed by atoms with Gasteiger partial charge < -0.3 is 10.5 Å². The summed E-state index contributed by atoms with van der Waals surface area (Å²) in [7, 11) is 0. The molecule has 1 aliphatic rings. The smallest absolute Gasteiger partial charge is 0.122 e. The molecule has 1 aliphatic carbocycles. The van der Waals surface area contributed by atoms with Crippen LogP contribution in [0.1, 0.15) is 48.2 Å². The fourth-order valence-electron chi connectivity index (χ4n) is 2.58. The predicted molar refractivity (Wildman–Crippen MR) is 86.3 cm³/mol. The zero-order valence-electron chi connectivity index (χ0n) is 12.4. The van der Waals surface area contributed by atoms with Crippen molar-refractivity contribution < 1.29 is 4.74 Å². The van der Waals surface area contributed by atoms with Crippen LogP contribution < -0.4 is 5.73 Å². The van der Waals surface area contributed by atoms with Crippen molar-refractivity contribution in [1.82, 2.24) is 4.98 Å². The molecule has 1 saturated carbocycles. The van der Waals surface area contributed by atoms with Crippen LogP contribution in [0.15, 0.2) is 35.7 Å². The topological polar surface area (TPSA) is 48.1 Å². The molecule has 0 bridgehead atoms. The molecule has 0 spiro atoms. The lowest BCUT2D eigenvalue weighted by Crippen LogP contribution is -2.13. The number of thiazole rings is 1. The number of benzene rings is 1. The Morgan fingerprint density at radius 3 is 2.76 bits per heavy atom. The Labute approximate surface area is 130 Å². The van der Waals surface area contributed by atoms with Gasteiger partial charge >= 0.3 is 0 Å². The van der Waals surface area contributed by atoms with Crippen molar-refractivity contribution in [2.75, 3.05) is 6.61 Å². The minimum Gasteiger partial charge on any atom is -0.371 e. The molecular formula is C17H22N2OS. The number of hydrogen-bond acceptors (Lipinski definition) is 4. The van der Waals surface area contributed by atoms with Crippen molar-refractivity contribution >= 4 is 11.3 Å². The fraction of sp³-hybridized carbons (Fsp3) is 0.471. The number of nitrogens with zero attached hydrogens (tertiary/aromatic N) is 1. The third-order valence-electron chi connectivity index (χ3n) is 3.87. The van der Waals surface area contributed by atoms with Gasteiger partial charge in [0.05, 0.1) is 5.69 Å². The summed E-state index contributed by atoms with van der Waals surface area (Å²) in [5.74, 6) is 0.673. The Bertz CT molecular complexity index is 565. The summed E-state index contributed by atoms with van der Waals surface area (Å²) in [5.41, 5.74) is 8.52. The molecule has 1 aromatic heterocycles. The molecule has 112 valence electrons. The SMILES string of the molecule is CCOC(c1nc(CC(N)c2ccccc2)cs1)C1CC1. The maximum absolute atomic E-state index is 6.28. The van der Waals surface area contributed by atoms with Gasteiger partial charge in [-0.2, -0.15) is 0 Å². The molecule has 3 rings (SSSR count). The lowest BCUT2D eigenvalue weighted by Gasteiger charge is -2.13. The average molecular weight is 302 g/mol. The van der Waals surface area contributed by atoms with E-state index in [2.05, 4.69) is 24.4 Å². The second-order valence-corrected chi connectivity index (χ2v) is 6.50. The molecule has 21 heavy (non-hydrogen) atoms. The summed E-state index contributed by atoms with van der Waals surface area (Å²) in [6.07, 6.45) is 3.51. The van der Waals surface area contributed by atoms with Gasteiger partial charge in [0.2, 0.25) is 0 Å². The molecule has 2 unspecified atom stereocenters. The minimum atomic E-state index is 0.00705. The largest absolute Gasteiger partial charge is 0.371 e. The Kier molecular flexibility index (Phi) is 4.68. The normalized spacial score (nSPS) is 17.6. The van der Waals surface area contributed by atoms with Crippen molar-refractivity contribution in [2.45, 2.75) is 38.3 Å². The number of rotatable bonds is 7. The van der Waals surface area contributed by atoms with Crippen LogP contribution in [0.3, 0.4) is 0 Å². The summed E-state index contributed by atoms with van der Waals surface area (Å²) in [5, 5.41) is 3.25. The molecule has 1 aromatic carbocycles. The first-order valence-corrected chi connectivity index (χ1v) is 8.52. The van der Waals surface area contributed by atoms with Crippen molar-refractivity contribution in [2.24, 2.45) is 11.7 Å². The van der Waals surface area contributed by atoms with Gasteiger partial charge in [0.15, 0.2) is 0 Å². The number of ether oxygens (including phenoxy) is 1. The van der Waals surface area contributed by atoms with Gasteiger partial charge in [-0.1, -0.05) is 30.3 Å². The van der Waals surface area contributed by atoms with E-state index in [9.17, 15) is 0 Å². The zero-order valence-corrected chi connectivity index (χ0v) is 13.2. The second-order valence-electron chi connectivity index (χ2n) is 5.61. The zero-order chi connectivity index (χ0) is 14.7. The van der Waals surface area contributed by atoms with Crippen molar-refractivity contribution in [1.29, 1.82) is 0 Å². The van der Waals surface area contributed by atoms with Gasteiger partial charge in [-0.3, -0.25) is 0 Å². The van der Waals surface area contributed by atoms with E-state index < -0.39 is 0 Å². The molecule has 0 amide bonds. The predicted octanol–water partition coefficient (Wildman–Crippen LogP) is 3.87. The van der Waals surface area contributed by atoms with Gasteiger partial charge in [-0.15, -0.1) is 11.3 Å². The Balaban J connectivity index is 1.67. The summed E-state index contributed by atoms with van der Waals surface area (Å²) < 4.78 is 5.87. The lowest BCUT2D eigenvalue weighted by atomic mass is 10.0. The van der Waals surface area contributed by atoms with E-state index in [-0.39, 0.29) is 12.1 Å². The van der Waals surface area contributed by atoms with E-state index in [1.807, 2.05) is 18.2 Å². The van der Waals surface area contributed by atoms with Crippen LogP contribution in [-0.2, 0) is 11.2 Å². The van der Waals surface area contributed by atoms with Crippen LogP contribution in [0.4, 0.5) is 0 Å². The van der Waals surface area contributed by atoms with Gasteiger partial charge in [0.25, 0.3) is 0 Å². The molecule has 2 atom stereocenters. The van der Waals surface area contributed by atoms with Crippen molar-refractivity contribution in [3.8, 4) is 0 Å². The molecule has 0 radical (unpaired) electrons. The summed E-state index contributed by atoms with van der Waals surface area (Å²) in [4.78, 5) is 4.77. The third kappa shape index (κ3) is 3.70. The monoisotopic (exact) mass is 302 g/mol. The standard InChI is InChI=1S/C17H22N2OS/c1-2-20-16(13-8-9-13)17-19-14(11-21-17)10-15(18)12-6-4-3-5-7-12/h3-7,11,13,15-16H,2,8-10,18H2,1H3. The molecule has 4 heteroatoms. The first-order valence-electron chi connectivity index (χ1n) is 7.64. The molecule has 0 aliphatic heterocycles. The lowest BCUT2D eigenvalue weighted by molar-refractivity contribution is 0.0461. The van der Waals surface area contributed by atoms with E-state index in [1.165, 1.54) is 12.8 Å². The van der Waals surface area contributed by atoms with Crippen LogP contribution >= 0.6 is 11.3 Å². The Hall–Kier alpha value is -1.23. The fourth-order valence-corrected chi connectivity index (χ4v) is 3.55. The van der Waals surface area contributed by atoms with E-state index in [4.69, 9.17) is 15.5 Å². The minimum absolute atomic E-state index is 0.00705. The van der Waals surface area contributed by atoms with E-state index in [1.54, 1.807) is 11.3 Å². The molecule has 3 nitrogen and oxygen atoms in total. The molecular weight excluding hydrogens is 280 g/mol. The number of nitrogens with two attached hydrogens (primary N) is 1. The van der Waals surface area contributed by atoms with E-state index in [0.29, 0.717) is 5.92 Å². The quantitative estimate of drug-likeness (QED) is 0.844. The first-order chi connectivity index (χ1) is 10.3. The average Bonchev–Trinajstić information content (AvgIpc) is 3.25. The van der Waals surface area contributed by atoms with Gasteiger partial charge in [0, 0.05) is 24.4 Å².